The number of thiazole rings is 1. The van der Waals surface area contributed by atoms with Crippen molar-refractivity contribution in [3.8, 4) is 0 Å². The molecule has 3 aromatic rings. The molecule has 0 saturated heterocycles. The summed E-state index contributed by atoms with van der Waals surface area (Å²) in [6.45, 7) is 6.55. The Morgan fingerprint density at radius 1 is 1.23 bits per heavy atom. The van der Waals surface area contributed by atoms with Crippen molar-refractivity contribution in [1.82, 2.24) is 14.3 Å². The molecule has 0 radical (unpaired) electrons. The second-order valence-corrected chi connectivity index (χ2v) is 7.82. The third-order valence-electron chi connectivity index (χ3n) is 4.90. The number of rotatable bonds is 5. The van der Waals surface area contributed by atoms with Gasteiger partial charge in [-0.2, -0.15) is 5.10 Å². The smallest absolute Gasteiger partial charge is 0.338 e. The molecule has 3 heterocycles. The van der Waals surface area contributed by atoms with Crippen molar-refractivity contribution in [2.75, 3.05) is 6.61 Å². The maximum absolute atomic E-state index is 13.4. The van der Waals surface area contributed by atoms with Gasteiger partial charge in [0.1, 0.15) is 0 Å². The van der Waals surface area contributed by atoms with Crippen LogP contribution in [0.3, 0.4) is 0 Å². The van der Waals surface area contributed by atoms with Crippen LogP contribution in [0.5, 0.6) is 0 Å². The number of esters is 1. The maximum atomic E-state index is 13.4. The molecule has 0 aliphatic carbocycles. The number of hydrogen-bond donors (Lipinski definition) is 0. The highest BCUT2D eigenvalue weighted by Crippen LogP contribution is 2.30. The molecule has 0 bridgehead atoms. The number of aryl methyl sites for hydroxylation is 1. The van der Waals surface area contributed by atoms with Gasteiger partial charge >= 0.3 is 5.97 Å². The van der Waals surface area contributed by atoms with Crippen molar-refractivity contribution >= 4 is 23.4 Å². The van der Waals surface area contributed by atoms with Gasteiger partial charge in [0.15, 0.2) is 4.80 Å². The topological polar surface area (TPSA) is 78.5 Å². The van der Waals surface area contributed by atoms with Crippen LogP contribution in [0, 0.1) is 0 Å². The summed E-state index contributed by atoms with van der Waals surface area (Å²) in [4.78, 5) is 31.3. The number of carbonyl (C=O) groups excluding carboxylic acids is 1. The fourth-order valence-electron chi connectivity index (χ4n) is 3.51. The van der Waals surface area contributed by atoms with E-state index in [1.807, 2.05) is 49.5 Å². The molecule has 8 heteroatoms. The van der Waals surface area contributed by atoms with Crippen LogP contribution >= 0.6 is 11.3 Å². The van der Waals surface area contributed by atoms with Crippen LogP contribution in [-0.4, -0.2) is 26.9 Å². The number of aromatic nitrogens is 3. The zero-order valence-corrected chi connectivity index (χ0v) is 17.8. The summed E-state index contributed by atoms with van der Waals surface area (Å²) in [5.41, 5.74) is 2.29. The van der Waals surface area contributed by atoms with E-state index in [9.17, 15) is 9.59 Å². The zero-order chi connectivity index (χ0) is 21.3. The van der Waals surface area contributed by atoms with E-state index in [-0.39, 0.29) is 12.2 Å². The van der Waals surface area contributed by atoms with Crippen LogP contribution in [0.15, 0.2) is 63.7 Å². The number of benzene rings is 1. The number of nitrogens with zero attached hydrogens (tertiary/aromatic N) is 4. The van der Waals surface area contributed by atoms with E-state index in [1.165, 1.54) is 11.3 Å². The lowest BCUT2D eigenvalue weighted by Gasteiger charge is -2.24. The fraction of sp³-hybridized carbons (Fsp3) is 0.273. The highest BCUT2D eigenvalue weighted by molar-refractivity contribution is 7.07. The van der Waals surface area contributed by atoms with E-state index in [1.54, 1.807) is 29.2 Å². The molecule has 0 spiro atoms. The van der Waals surface area contributed by atoms with Gasteiger partial charge in [-0.05, 0) is 38.5 Å². The third-order valence-corrected chi connectivity index (χ3v) is 5.88. The molecular weight excluding hydrogens is 400 g/mol. The van der Waals surface area contributed by atoms with E-state index in [0.29, 0.717) is 26.3 Å². The van der Waals surface area contributed by atoms with Crippen molar-refractivity contribution < 1.29 is 9.53 Å². The van der Waals surface area contributed by atoms with Crippen LogP contribution in [0.2, 0.25) is 0 Å². The van der Waals surface area contributed by atoms with Gasteiger partial charge in [0.2, 0.25) is 0 Å². The third kappa shape index (κ3) is 3.54. The van der Waals surface area contributed by atoms with Crippen molar-refractivity contribution in [2.24, 2.45) is 4.99 Å². The monoisotopic (exact) mass is 422 g/mol. The Bertz CT molecular complexity index is 1300. The summed E-state index contributed by atoms with van der Waals surface area (Å²) in [6, 6.07) is 10.8. The molecule has 4 rings (SSSR count). The summed E-state index contributed by atoms with van der Waals surface area (Å²) >= 11 is 1.30. The molecular formula is C22H22N4O3S. The van der Waals surface area contributed by atoms with Gasteiger partial charge in [-0.15, -0.1) is 0 Å². The number of hydrogen-bond acceptors (Lipinski definition) is 6. The lowest BCUT2D eigenvalue weighted by molar-refractivity contribution is -0.139. The molecule has 0 fully saturated rings. The minimum absolute atomic E-state index is 0.201. The molecule has 1 aliphatic rings. The van der Waals surface area contributed by atoms with Gasteiger partial charge in [0.05, 0.1) is 34.1 Å². The standard InChI is InChI=1S/C22H22N4O3S/c1-4-25-12-11-16(24-25)13-17-20(27)26-19(15-9-7-6-8-10-15)18(21(28)29-5-2)14(3)23-22(26)30-17/h6-13,19H,4-5H2,1-3H3/b17-13+/t19-/m0/s1. The summed E-state index contributed by atoms with van der Waals surface area (Å²) in [7, 11) is 0. The van der Waals surface area contributed by atoms with Gasteiger partial charge < -0.3 is 4.74 Å². The Balaban J connectivity index is 1.93. The first-order valence-corrected chi connectivity index (χ1v) is 10.6. The van der Waals surface area contributed by atoms with Crippen molar-refractivity contribution in [3.63, 3.8) is 0 Å². The zero-order valence-electron chi connectivity index (χ0n) is 17.0. The Kier molecular flexibility index (Phi) is 5.50. The molecule has 1 aliphatic heterocycles. The van der Waals surface area contributed by atoms with E-state index < -0.39 is 12.0 Å². The van der Waals surface area contributed by atoms with Gasteiger partial charge in [0, 0.05) is 12.7 Å². The van der Waals surface area contributed by atoms with Gasteiger partial charge in [-0.3, -0.25) is 14.0 Å². The Morgan fingerprint density at radius 2 is 2.00 bits per heavy atom. The molecule has 0 saturated carbocycles. The minimum Gasteiger partial charge on any atom is -0.463 e. The van der Waals surface area contributed by atoms with Crippen molar-refractivity contribution in [2.45, 2.75) is 33.4 Å². The van der Waals surface area contributed by atoms with Crippen molar-refractivity contribution in [3.05, 3.63) is 84.8 Å². The average molecular weight is 423 g/mol. The molecule has 7 nitrogen and oxygen atoms in total. The molecule has 154 valence electrons. The quantitative estimate of drug-likeness (QED) is 0.590. The molecule has 2 aromatic heterocycles. The molecule has 0 unspecified atom stereocenters. The predicted octanol–water partition coefficient (Wildman–Crippen LogP) is 2.01. The first kappa shape index (κ1) is 20.0. The number of allylic oxidation sites excluding steroid dienone is 1. The normalized spacial score (nSPS) is 16.4. The number of ether oxygens (including phenoxy) is 1. The Morgan fingerprint density at radius 3 is 2.67 bits per heavy atom. The summed E-state index contributed by atoms with van der Waals surface area (Å²) in [5, 5.41) is 4.44. The summed E-state index contributed by atoms with van der Waals surface area (Å²) in [5.74, 6) is -0.455. The lowest BCUT2D eigenvalue weighted by Crippen LogP contribution is -2.39. The van der Waals surface area contributed by atoms with Crippen LogP contribution in [-0.2, 0) is 16.1 Å². The first-order chi connectivity index (χ1) is 14.5. The largest absolute Gasteiger partial charge is 0.463 e. The first-order valence-electron chi connectivity index (χ1n) is 9.81. The van der Waals surface area contributed by atoms with E-state index in [2.05, 4.69) is 10.1 Å². The van der Waals surface area contributed by atoms with Gasteiger partial charge in [-0.1, -0.05) is 41.7 Å². The summed E-state index contributed by atoms with van der Waals surface area (Å²) in [6.07, 6.45) is 3.64. The molecule has 1 aromatic carbocycles. The van der Waals surface area contributed by atoms with E-state index in [0.717, 1.165) is 12.1 Å². The van der Waals surface area contributed by atoms with E-state index >= 15 is 0 Å². The van der Waals surface area contributed by atoms with Crippen LogP contribution in [0.25, 0.3) is 6.08 Å². The average Bonchev–Trinajstić information content (AvgIpc) is 3.32. The predicted molar refractivity (Wildman–Crippen MR) is 115 cm³/mol. The number of carbonyl (C=O) groups is 1. The Labute approximate surface area is 177 Å². The van der Waals surface area contributed by atoms with Crippen LogP contribution in [0.4, 0.5) is 0 Å². The summed E-state index contributed by atoms with van der Waals surface area (Å²) < 4.78 is 9.20. The fourth-order valence-corrected chi connectivity index (χ4v) is 4.54. The SMILES string of the molecule is CCOC(=O)C1=C(C)N=c2s/c(=C/c3ccn(CC)n3)c(=O)n2[C@H]1c1ccccc1. The minimum atomic E-state index is -0.586. The highest BCUT2D eigenvalue weighted by Gasteiger charge is 2.33. The number of fused-ring (bicyclic) bond motifs is 1. The molecule has 30 heavy (non-hydrogen) atoms. The maximum Gasteiger partial charge on any atom is 0.338 e. The lowest BCUT2D eigenvalue weighted by atomic mass is 9.96. The van der Waals surface area contributed by atoms with E-state index in [4.69, 9.17) is 4.74 Å². The van der Waals surface area contributed by atoms with Gasteiger partial charge in [0.25, 0.3) is 5.56 Å². The van der Waals surface area contributed by atoms with Crippen molar-refractivity contribution in [1.29, 1.82) is 0 Å². The van der Waals surface area contributed by atoms with Crippen LogP contribution in [0.1, 0.15) is 38.1 Å². The highest BCUT2D eigenvalue weighted by atomic mass is 32.1. The molecule has 0 amide bonds. The van der Waals surface area contributed by atoms with Gasteiger partial charge in [-0.25, -0.2) is 9.79 Å². The molecule has 1 atom stereocenters. The second kappa shape index (κ2) is 8.23. The molecule has 0 N–H and O–H groups in total. The van der Waals surface area contributed by atoms with Crippen LogP contribution < -0.4 is 14.9 Å². The second-order valence-electron chi connectivity index (χ2n) is 6.81. The Hall–Kier alpha value is -3.26.